The largest absolute Gasteiger partial charge is 0.497 e. The Morgan fingerprint density at radius 3 is 2.33 bits per heavy atom. The molecule has 0 aliphatic carbocycles. The predicted molar refractivity (Wildman–Crippen MR) is 78.4 cm³/mol. The number of ether oxygens (including phenoxy) is 3. The summed E-state index contributed by atoms with van der Waals surface area (Å²) in [7, 11) is 3.21. The average Bonchev–Trinajstić information content (AvgIpc) is 2.84. The van der Waals surface area contributed by atoms with E-state index in [9.17, 15) is 4.79 Å². The summed E-state index contributed by atoms with van der Waals surface area (Å²) in [6.07, 6.45) is 0.0697. The topological polar surface area (TPSA) is 44.8 Å². The number of hydrogen-bond acceptors (Lipinski definition) is 4. The van der Waals surface area contributed by atoms with Crippen molar-refractivity contribution in [2.45, 2.75) is 12.5 Å². The highest BCUT2D eigenvalue weighted by molar-refractivity contribution is 6.05. The molecule has 21 heavy (non-hydrogen) atoms. The molecule has 0 saturated carbocycles. The molecule has 0 radical (unpaired) electrons. The van der Waals surface area contributed by atoms with Gasteiger partial charge in [0.05, 0.1) is 19.8 Å². The number of rotatable bonds is 4. The van der Waals surface area contributed by atoms with Gasteiger partial charge in [0.1, 0.15) is 17.2 Å². The molecule has 4 heteroatoms. The zero-order chi connectivity index (χ0) is 14.8. The fraction of sp³-hybridized carbons (Fsp3) is 0.235. The van der Waals surface area contributed by atoms with Crippen LogP contribution >= 0.6 is 0 Å². The van der Waals surface area contributed by atoms with Gasteiger partial charge in [0.2, 0.25) is 5.78 Å². The first-order chi connectivity index (χ1) is 10.2. The Labute approximate surface area is 123 Å². The van der Waals surface area contributed by atoms with E-state index in [0.29, 0.717) is 23.5 Å². The summed E-state index contributed by atoms with van der Waals surface area (Å²) in [5, 5.41) is 0. The Balaban J connectivity index is 1.77. The maximum Gasteiger partial charge on any atom is 0.207 e. The summed E-state index contributed by atoms with van der Waals surface area (Å²) >= 11 is 0. The van der Waals surface area contributed by atoms with E-state index in [2.05, 4.69) is 0 Å². The van der Waals surface area contributed by atoms with E-state index < -0.39 is 6.10 Å². The zero-order valence-electron chi connectivity index (χ0n) is 12.0. The molecule has 1 aliphatic heterocycles. The van der Waals surface area contributed by atoms with E-state index in [1.807, 2.05) is 24.3 Å². The van der Waals surface area contributed by atoms with Gasteiger partial charge in [-0.05, 0) is 35.9 Å². The lowest BCUT2D eigenvalue weighted by Gasteiger charge is -2.09. The van der Waals surface area contributed by atoms with Crippen LogP contribution < -0.4 is 14.2 Å². The maximum atomic E-state index is 12.4. The fourth-order valence-electron chi connectivity index (χ4n) is 2.42. The standard InChI is InChI=1S/C17H16O4/c1-19-12-5-3-11(4-6-12)9-16-17(18)14-10-13(20-2)7-8-15(14)21-16/h3-8,10,16H,9H2,1-2H3. The van der Waals surface area contributed by atoms with Gasteiger partial charge in [0, 0.05) is 6.42 Å². The minimum Gasteiger partial charge on any atom is -0.497 e. The first kappa shape index (κ1) is 13.5. The number of carbonyl (C=O) groups excluding carboxylic acids is 1. The average molecular weight is 284 g/mol. The molecule has 2 aromatic carbocycles. The van der Waals surface area contributed by atoms with E-state index >= 15 is 0 Å². The third-order valence-electron chi connectivity index (χ3n) is 3.59. The SMILES string of the molecule is COc1ccc(CC2Oc3ccc(OC)cc3C2=O)cc1. The van der Waals surface area contributed by atoms with E-state index in [4.69, 9.17) is 14.2 Å². The van der Waals surface area contributed by atoms with Gasteiger partial charge >= 0.3 is 0 Å². The normalized spacial score (nSPS) is 16.3. The third kappa shape index (κ3) is 2.57. The van der Waals surface area contributed by atoms with Crippen LogP contribution in [-0.2, 0) is 6.42 Å². The van der Waals surface area contributed by atoms with Crippen molar-refractivity contribution in [1.29, 1.82) is 0 Å². The predicted octanol–water partition coefficient (Wildman–Crippen LogP) is 2.89. The molecule has 1 heterocycles. The summed E-state index contributed by atoms with van der Waals surface area (Å²) < 4.78 is 16.0. The molecule has 0 bridgehead atoms. The number of ketones is 1. The zero-order valence-corrected chi connectivity index (χ0v) is 12.0. The van der Waals surface area contributed by atoms with Crippen LogP contribution in [0.1, 0.15) is 15.9 Å². The Hall–Kier alpha value is -2.49. The summed E-state index contributed by atoms with van der Waals surface area (Å²) in [6.45, 7) is 0. The van der Waals surface area contributed by atoms with E-state index in [1.165, 1.54) is 0 Å². The van der Waals surface area contributed by atoms with Gasteiger partial charge in [0.25, 0.3) is 0 Å². The molecule has 0 spiro atoms. The second kappa shape index (κ2) is 5.48. The van der Waals surface area contributed by atoms with Gasteiger partial charge < -0.3 is 14.2 Å². The first-order valence-corrected chi connectivity index (χ1v) is 6.73. The van der Waals surface area contributed by atoms with Gasteiger partial charge in [0.15, 0.2) is 6.10 Å². The van der Waals surface area contributed by atoms with E-state index in [-0.39, 0.29) is 5.78 Å². The van der Waals surface area contributed by atoms with Crippen LogP contribution in [-0.4, -0.2) is 26.1 Å². The van der Waals surface area contributed by atoms with Crippen LogP contribution in [0.15, 0.2) is 42.5 Å². The van der Waals surface area contributed by atoms with E-state index in [0.717, 1.165) is 11.3 Å². The molecular weight excluding hydrogens is 268 g/mol. The van der Waals surface area contributed by atoms with Crippen LogP contribution in [0.25, 0.3) is 0 Å². The summed E-state index contributed by atoms with van der Waals surface area (Å²) in [6, 6.07) is 12.9. The van der Waals surface area contributed by atoms with Crippen LogP contribution in [0.3, 0.4) is 0 Å². The second-order valence-corrected chi connectivity index (χ2v) is 4.89. The monoisotopic (exact) mass is 284 g/mol. The minimum atomic E-state index is -0.472. The number of carbonyl (C=O) groups is 1. The van der Waals surface area contributed by atoms with Crippen molar-refractivity contribution >= 4 is 5.78 Å². The van der Waals surface area contributed by atoms with Crippen LogP contribution in [0.4, 0.5) is 0 Å². The first-order valence-electron chi connectivity index (χ1n) is 6.73. The van der Waals surface area contributed by atoms with Gasteiger partial charge in [-0.25, -0.2) is 0 Å². The molecule has 3 rings (SSSR count). The lowest BCUT2D eigenvalue weighted by atomic mass is 10.0. The molecule has 108 valence electrons. The van der Waals surface area contributed by atoms with Crippen molar-refractivity contribution in [2.24, 2.45) is 0 Å². The smallest absolute Gasteiger partial charge is 0.207 e. The van der Waals surface area contributed by atoms with Gasteiger partial charge in [-0.15, -0.1) is 0 Å². The van der Waals surface area contributed by atoms with Gasteiger partial charge in [-0.1, -0.05) is 12.1 Å². The minimum absolute atomic E-state index is 0.000261. The number of methoxy groups -OCH3 is 2. The third-order valence-corrected chi connectivity index (χ3v) is 3.59. The summed E-state index contributed by atoms with van der Waals surface area (Å²) in [5.41, 5.74) is 1.63. The van der Waals surface area contributed by atoms with Crippen molar-refractivity contribution in [1.82, 2.24) is 0 Å². The molecule has 2 aromatic rings. The highest BCUT2D eigenvalue weighted by Crippen LogP contribution is 2.33. The van der Waals surface area contributed by atoms with Crippen molar-refractivity contribution < 1.29 is 19.0 Å². The van der Waals surface area contributed by atoms with E-state index in [1.54, 1.807) is 32.4 Å². The van der Waals surface area contributed by atoms with Crippen molar-refractivity contribution in [3.63, 3.8) is 0 Å². The highest BCUT2D eigenvalue weighted by atomic mass is 16.5. The number of Topliss-reactive ketones (excluding diaryl/α,β-unsaturated/α-hetero) is 1. The Kier molecular flexibility index (Phi) is 3.52. The number of benzene rings is 2. The van der Waals surface area contributed by atoms with Crippen LogP contribution in [0.2, 0.25) is 0 Å². The Bertz CT molecular complexity index is 661. The molecule has 0 N–H and O–H groups in total. The van der Waals surface area contributed by atoms with Gasteiger partial charge in [-0.3, -0.25) is 4.79 Å². The molecule has 0 amide bonds. The lowest BCUT2D eigenvalue weighted by Crippen LogP contribution is -2.23. The molecule has 1 atom stereocenters. The highest BCUT2D eigenvalue weighted by Gasteiger charge is 2.32. The molecule has 4 nitrogen and oxygen atoms in total. The van der Waals surface area contributed by atoms with Crippen LogP contribution in [0, 0.1) is 0 Å². The lowest BCUT2D eigenvalue weighted by molar-refractivity contribution is 0.0857. The molecule has 0 saturated heterocycles. The summed E-state index contributed by atoms with van der Waals surface area (Å²) in [4.78, 5) is 12.4. The molecular formula is C17H16O4. The van der Waals surface area contributed by atoms with Crippen molar-refractivity contribution in [2.75, 3.05) is 14.2 Å². The van der Waals surface area contributed by atoms with Crippen LogP contribution in [0.5, 0.6) is 17.2 Å². The van der Waals surface area contributed by atoms with Crippen molar-refractivity contribution in [3.05, 3.63) is 53.6 Å². The number of hydrogen-bond donors (Lipinski definition) is 0. The van der Waals surface area contributed by atoms with Gasteiger partial charge in [-0.2, -0.15) is 0 Å². The molecule has 0 aromatic heterocycles. The Morgan fingerprint density at radius 2 is 1.67 bits per heavy atom. The maximum absolute atomic E-state index is 12.4. The molecule has 0 fully saturated rings. The molecule has 1 aliphatic rings. The Morgan fingerprint density at radius 1 is 1.00 bits per heavy atom. The quantitative estimate of drug-likeness (QED) is 0.866. The fourth-order valence-corrected chi connectivity index (χ4v) is 2.42. The summed E-state index contributed by atoms with van der Waals surface area (Å²) in [5.74, 6) is 2.08. The second-order valence-electron chi connectivity index (χ2n) is 4.89. The number of fused-ring (bicyclic) bond motifs is 1. The van der Waals surface area contributed by atoms with Crippen molar-refractivity contribution in [3.8, 4) is 17.2 Å². The molecule has 1 unspecified atom stereocenters.